The van der Waals surface area contributed by atoms with Crippen LogP contribution in [0.2, 0.25) is 5.02 Å². The average Bonchev–Trinajstić information content (AvgIpc) is 3.04. The Morgan fingerprint density at radius 3 is 2.67 bits per heavy atom. The Morgan fingerprint density at radius 2 is 1.85 bits per heavy atom. The number of imidazole rings is 1. The first kappa shape index (κ1) is 22.0. The molecule has 8 nitrogen and oxygen atoms in total. The molecule has 0 amide bonds. The van der Waals surface area contributed by atoms with Crippen molar-refractivity contribution in [3.8, 4) is 11.4 Å². The highest BCUT2D eigenvalue weighted by atomic mass is 35.5. The van der Waals surface area contributed by atoms with Crippen molar-refractivity contribution < 1.29 is 12.8 Å². The number of aromatic nitrogens is 3. The van der Waals surface area contributed by atoms with Crippen molar-refractivity contribution in [3.05, 3.63) is 57.6 Å². The van der Waals surface area contributed by atoms with E-state index in [0.717, 1.165) is 18.0 Å². The molecular weight excluding hydrogens is 469 g/mol. The van der Waals surface area contributed by atoms with Crippen molar-refractivity contribution in [2.75, 3.05) is 33.2 Å². The van der Waals surface area contributed by atoms with Gasteiger partial charge >= 0.3 is 0 Å². The Bertz CT molecular complexity index is 1550. The Hall–Kier alpha value is -2.79. The van der Waals surface area contributed by atoms with E-state index in [1.807, 2.05) is 7.05 Å². The number of hydrogen-bond acceptors (Lipinski definition) is 5. The topological polar surface area (TPSA) is 102 Å². The summed E-state index contributed by atoms with van der Waals surface area (Å²) in [5.74, 6) is -0.515. The Balaban J connectivity index is 1.58. The number of nitrogens with one attached hydrogen (secondary N) is 2. The highest BCUT2D eigenvalue weighted by Crippen LogP contribution is 2.32. The highest BCUT2D eigenvalue weighted by Gasteiger charge is 2.29. The number of fused-ring (bicyclic) bond motifs is 2. The molecule has 172 valence electrons. The third kappa shape index (κ3) is 4.04. The zero-order chi connectivity index (χ0) is 23.3. The van der Waals surface area contributed by atoms with Gasteiger partial charge in [0.1, 0.15) is 16.5 Å². The lowest BCUT2D eigenvalue weighted by molar-refractivity contribution is 0.347. The summed E-state index contributed by atoms with van der Waals surface area (Å²) in [6.07, 6.45) is 0.677. The number of likely N-dealkylation sites (N-methyl/N-ethyl adjacent to an activating group) is 1. The number of nitrogens with zero attached hydrogens (tertiary/aromatic N) is 3. The van der Waals surface area contributed by atoms with E-state index in [4.69, 9.17) is 11.6 Å². The largest absolute Gasteiger partial charge is 0.338 e. The van der Waals surface area contributed by atoms with Crippen LogP contribution in [-0.2, 0) is 10.0 Å². The molecule has 0 aliphatic carbocycles. The van der Waals surface area contributed by atoms with E-state index < -0.39 is 15.8 Å². The normalized spacial score (nSPS) is 16.5. The lowest BCUT2D eigenvalue weighted by Crippen LogP contribution is -2.35. The minimum Gasteiger partial charge on any atom is -0.338 e. The molecule has 0 unspecified atom stereocenters. The van der Waals surface area contributed by atoms with Crippen molar-refractivity contribution in [1.29, 1.82) is 0 Å². The second-order valence-corrected chi connectivity index (χ2v) is 10.5. The fourth-order valence-electron chi connectivity index (χ4n) is 4.10. The minimum absolute atomic E-state index is 0.253. The molecule has 1 saturated heterocycles. The summed E-state index contributed by atoms with van der Waals surface area (Å²) >= 11 is 6.44. The van der Waals surface area contributed by atoms with Crippen LogP contribution in [0.25, 0.3) is 33.3 Å². The van der Waals surface area contributed by atoms with Crippen LogP contribution >= 0.6 is 11.6 Å². The number of sulfonamides is 1. The molecule has 0 spiro atoms. The molecule has 2 N–H and O–H groups in total. The number of pyridine rings is 1. The highest BCUT2D eigenvalue weighted by molar-refractivity contribution is 7.89. The Kier molecular flexibility index (Phi) is 5.48. The minimum atomic E-state index is -4.01. The molecule has 0 atom stereocenters. The maximum Gasteiger partial charge on any atom is 0.248 e. The molecule has 1 aliphatic heterocycles. The van der Waals surface area contributed by atoms with Gasteiger partial charge in [0.2, 0.25) is 15.6 Å². The third-order valence-electron chi connectivity index (χ3n) is 5.90. The van der Waals surface area contributed by atoms with E-state index in [0.29, 0.717) is 53.5 Å². The lowest BCUT2D eigenvalue weighted by atomic mass is 10.1. The molecule has 11 heteroatoms. The summed E-state index contributed by atoms with van der Waals surface area (Å²) < 4.78 is 42.7. The molecule has 3 heterocycles. The van der Waals surface area contributed by atoms with Gasteiger partial charge in [-0.15, -0.1) is 0 Å². The number of rotatable bonds is 3. The molecule has 0 radical (unpaired) electrons. The first-order valence-electron chi connectivity index (χ1n) is 10.4. The summed E-state index contributed by atoms with van der Waals surface area (Å²) in [6.45, 7) is 2.01. The standard InChI is InChI=1S/C22H21ClFN5O3S/c1-28-5-2-6-29(8-7-28)33(31,32)20-12-19-18(11-16(20)24)26-22(27-19)14-10-17-13(9-15(14)23)3-4-21(30)25-17/h3-4,9-12H,2,5-8H2,1H3,(H,25,30)(H,26,27). The van der Waals surface area contributed by atoms with Crippen molar-refractivity contribution in [2.45, 2.75) is 11.3 Å². The van der Waals surface area contributed by atoms with E-state index in [1.165, 1.54) is 16.4 Å². The van der Waals surface area contributed by atoms with Gasteiger partial charge in [-0.3, -0.25) is 4.79 Å². The third-order valence-corrected chi connectivity index (χ3v) is 8.12. The number of hydrogen-bond donors (Lipinski definition) is 2. The van der Waals surface area contributed by atoms with Gasteiger partial charge in [-0.2, -0.15) is 4.31 Å². The average molecular weight is 490 g/mol. The first-order valence-corrected chi connectivity index (χ1v) is 12.2. The summed E-state index contributed by atoms with van der Waals surface area (Å²) in [4.78, 5) is 23.5. The fourth-order valence-corrected chi connectivity index (χ4v) is 5.90. The van der Waals surface area contributed by atoms with E-state index in [2.05, 4.69) is 19.9 Å². The zero-order valence-corrected chi connectivity index (χ0v) is 19.3. The van der Waals surface area contributed by atoms with Gasteiger partial charge in [-0.05, 0) is 49.7 Å². The van der Waals surface area contributed by atoms with Gasteiger partial charge in [0.15, 0.2) is 0 Å². The van der Waals surface area contributed by atoms with E-state index in [1.54, 1.807) is 18.2 Å². The van der Waals surface area contributed by atoms with Crippen LogP contribution in [0.5, 0.6) is 0 Å². The number of aromatic amines is 2. The van der Waals surface area contributed by atoms with Gasteiger partial charge < -0.3 is 14.9 Å². The van der Waals surface area contributed by atoms with Crippen LogP contribution < -0.4 is 5.56 Å². The van der Waals surface area contributed by atoms with Crippen molar-refractivity contribution in [2.24, 2.45) is 0 Å². The maximum absolute atomic E-state index is 15.0. The molecule has 2 aromatic carbocycles. The van der Waals surface area contributed by atoms with Gasteiger partial charge in [0, 0.05) is 42.8 Å². The van der Waals surface area contributed by atoms with Crippen LogP contribution in [0.1, 0.15) is 6.42 Å². The fraction of sp³-hybridized carbons (Fsp3) is 0.273. The number of H-pyrrole nitrogens is 2. The molecule has 4 aromatic rings. The number of benzene rings is 2. The van der Waals surface area contributed by atoms with Crippen LogP contribution in [-0.4, -0.2) is 65.8 Å². The predicted molar refractivity (Wildman–Crippen MR) is 125 cm³/mol. The first-order chi connectivity index (χ1) is 15.7. The van der Waals surface area contributed by atoms with Gasteiger partial charge in [-0.25, -0.2) is 17.8 Å². The van der Waals surface area contributed by atoms with Crippen LogP contribution in [0.4, 0.5) is 4.39 Å². The molecule has 33 heavy (non-hydrogen) atoms. The SMILES string of the molecule is CN1CCCN(S(=O)(=O)c2cc3[nH]c(-c4cc5[nH]c(=O)ccc5cc4Cl)nc3cc2F)CC1. The lowest BCUT2D eigenvalue weighted by Gasteiger charge is -2.20. The molecule has 1 aliphatic rings. The second-order valence-electron chi connectivity index (χ2n) is 8.19. The molecule has 2 aromatic heterocycles. The van der Waals surface area contributed by atoms with Crippen molar-refractivity contribution >= 4 is 43.6 Å². The van der Waals surface area contributed by atoms with Crippen LogP contribution in [0, 0.1) is 5.82 Å². The van der Waals surface area contributed by atoms with E-state index >= 15 is 0 Å². The van der Waals surface area contributed by atoms with Crippen LogP contribution in [0.15, 0.2) is 46.1 Å². The smallest absolute Gasteiger partial charge is 0.248 e. The van der Waals surface area contributed by atoms with E-state index in [-0.39, 0.29) is 16.0 Å². The summed E-state index contributed by atoms with van der Waals surface area (Å²) in [6, 6.07) is 8.84. The summed E-state index contributed by atoms with van der Waals surface area (Å²) in [7, 11) is -2.08. The zero-order valence-electron chi connectivity index (χ0n) is 17.7. The van der Waals surface area contributed by atoms with Gasteiger partial charge in [-0.1, -0.05) is 11.6 Å². The van der Waals surface area contributed by atoms with Gasteiger partial charge in [0.05, 0.1) is 16.1 Å². The Morgan fingerprint density at radius 1 is 1.03 bits per heavy atom. The predicted octanol–water partition coefficient (Wildman–Crippen LogP) is 3.19. The molecule has 1 fully saturated rings. The molecular formula is C22H21ClFN5O3S. The Labute approximate surface area is 194 Å². The molecule has 5 rings (SSSR count). The summed E-state index contributed by atoms with van der Waals surface area (Å²) in [5, 5.41) is 1.14. The van der Waals surface area contributed by atoms with Crippen LogP contribution in [0.3, 0.4) is 0 Å². The number of halogens is 2. The van der Waals surface area contributed by atoms with E-state index in [9.17, 15) is 17.6 Å². The second kappa shape index (κ2) is 8.21. The maximum atomic E-state index is 15.0. The van der Waals surface area contributed by atoms with Crippen molar-refractivity contribution in [3.63, 3.8) is 0 Å². The summed E-state index contributed by atoms with van der Waals surface area (Å²) in [5.41, 5.74) is 1.46. The molecule has 0 saturated carbocycles. The molecule has 0 bridgehead atoms. The quantitative estimate of drug-likeness (QED) is 0.460. The van der Waals surface area contributed by atoms with Crippen molar-refractivity contribution in [1.82, 2.24) is 24.2 Å². The van der Waals surface area contributed by atoms with Gasteiger partial charge in [0.25, 0.3) is 0 Å². The monoisotopic (exact) mass is 489 g/mol.